The first kappa shape index (κ1) is 20.2. The summed E-state index contributed by atoms with van der Waals surface area (Å²) in [7, 11) is 0. The molecule has 4 heterocycles. The van der Waals surface area contributed by atoms with Crippen molar-refractivity contribution in [2.75, 3.05) is 18.5 Å². The Hall–Kier alpha value is -2.75. The predicted octanol–water partition coefficient (Wildman–Crippen LogP) is 5.85. The maximum Gasteiger partial charge on any atom is 0.410 e. The number of anilines is 1. The van der Waals surface area contributed by atoms with Gasteiger partial charge in [-0.1, -0.05) is 18.2 Å². The summed E-state index contributed by atoms with van der Waals surface area (Å²) >= 11 is 4.56. The van der Waals surface area contributed by atoms with Crippen molar-refractivity contribution in [3.8, 4) is 10.6 Å². The first-order valence-corrected chi connectivity index (χ1v) is 12.4. The van der Waals surface area contributed by atoms with E-state index in [1.54, 1.807) is 16.2 Å². The van der Waals surface area contributed by atoms with Gasteiger partial charge in [0.25, 0.3) is 5.91 Å². The number of nitrogens with zero attached hydrogens (tertiary/aromatic N) is 2. The van der Waals surface area contributed by atoms with Crippen molar-refractivity contribution in [3.05, 3.63) is 57.1 Å². The summed E-state index contributed by atoms with van der Waals surface area (Å²) in [6.45, 7) is 3.22. The third-order valence-corrected chi connectivity index (χ3v) is 8.12. The van der Waals surface area contributed by atoms with E-state index in [4.69, 9.17) is 9.72 Å². The third-order valence-electron chi connectivity index (χ3n) is 5.06. The molecule has 0 aliphatic carbocycles. The molecule has 0 spiro atoms. The highest BCUT2D eigenvalue weighted by Gasteiger charge is 2.30. The van der Waals surface area contributed by atoms with Gasteiger partial charge in [0, 0.05) is 17.0 Å². The summed E-state index contributed by atoms with van der Waals surface area (Å²) in [4.78, 5) is 33.3. The van der Waals surface area contributed by atoms with Crippen LogP contribution in [0.4, 0.5) is 9.80 Å². The fourth-order valence-electron chi connectivity index (χ4n) is 3.64. The molecule has 158 valence electrons. The number of fused-ring (bicyclic) bond motifs is 2. The van der Waals surface area contributed by atoms with Crippen LogP contribution >= 0.6 is 34.0 Å². The second-order valence-electron chi connectivity index (χ2n) is 7.00. The summed E-state index contributed by atoms with van der Waals surface area (Å²) in [5.74, 6) is -0.127. The van der Waals surface area contributed by atoms with E-state index < -0.39 is 0 Å². The number of rotatable bonds is 4. The summed E-state index contributed by atoms with van der Waals surface area (Å²) < 4.78 is 6.29. The van der Waals surface area contributed by atoms with E-state index >= 15 is 0 Å². The Morgan fingerprint density at radius 2 is 2.06 bits per heavy atom. The van der Waals surface area contributed by atoms with Crippen LogP contribution in [0.15, 0.2) is 41.8 Å². The number of ether oxygens (including phenoxy) is 1. The first-order valence-electron chi connectivity index (χ1n) is 9.91. The quantitative estimate of drug-likeness (QED) is 0.407. The van der Waals surface area contributed by atoms with Crippen LogP contribution in [0.2, 0.25) is 0 Å². The van der Waals surface area contributed by atoms with Crippen LogP contribution in [0.1, 0.15) is 27.0 Å². The van der Waals surface area contributed by atoms with E-state index in [0.29, 0.717) is 31.0 Å². The minimum atomic E-state index is -0.299. The fraction of sp³-hybridized carbons (Fsp3) is 0.227. The number of carbonyl (C=O) groups is 2. The molecule has 0 radical (unpaired) electrons. The van der Waals surface area contributed by atoms with Gasteiger partial charge in [-0.2, -0.15) is 0 Å². The Bertz CT molecular complexity index is 1230. The summed E-state index contributed by atoms with van der Waals surface area (Å²) in [5.41, 5.74) is 3.09. The van der Waals surface area contributed by atoms with Crippen molar-refractivity contribution in [2.45, 2.75) is 19.9 Å². The molecule has 0 unspecified atom stereocenters. The molecule has 5 rings (SSSR count). The summed E-state index contributed by atoms with van der Waals surface area (Å²) in [6, 6.07) is 11.7. The Morgan fingerprint density at radius 3 is 2.84 bits per heavy atom. The highest BCUT2D eigenvalue weighted by Crippen LogP contribution is 2.46. The lowest BCUT2D eigenvalue weighted by molar-refractivity contribution is 0.102. The molecule has 0 fully saturated rings. The van der Waals surface area contributed by atoms with Gasteiger partial charge in [0.15, 0.2) is 0 Å². The average Bonchev–Trinajstić information content (AvgIpc) is 3.50. The number of thiazole rings is 1. The maximum absolute atomic E-state index is 12.8. The summed E-state index contributed by atoms with van der Waals surface area (Å²) in [6.07, 6.45) is 0.400. The number of thiophene rings is 2. The molecule has 9 heteroatoms. The fourth-order valence-corrected chi connectivity index (χ4v) is 6.63. The molecule has 31 heavy (non-hydrogen) atoms. The van der Waals surface area contributed by atoms with Gasteiger partial charge in [0.1, 0.15) is 10.0 Å². The third kappa shape index (κ3) is 3.84. The van der Waals surface area contributed by atoms with Crippen molar-refractivity contribution in [1.82, 2.24) is 9.88 Å². The number of aromatic nitrogens is 1. The normalized spacial score (nSPS) is 13.3. The highest BCUT2D eigenvalue weighted by molar-refractivity contribution is 7.23. The van der Waals surface area contributed by atoms with Gasteiger partial charge in [-0.3, -0.25) is 4.79 Å². The molecule has 0 saturated carbocycles. The molecular weight excluding hydrogens is 450 g/mol. The molecule has 2 amide bonds. The van der Waals surface area contributed by atoms with E-state index in [1.807, 2.05) is 42.6 Å². The molecule has 0 saturated heterocycles. The maximum atomic E-state index is 12.8. The minimum Gasteiger partial charge on any atom is -0.450 e. The Balaban J connectivity index is 1.56. The molecule has 4 aromatic rings. The monoisotopic (exact) mass is 469 g/mol. The van der Waals surface area contributed by atoms with Crippen LogP contribution in [0.3, 0.4) is 0 Å². The van der Waals surface area contributed by atoms with Gasteiger partial charge < -0.3 is 15.0 Å². The van der Waals surface area contributed by atoms with Crippen molar-refractivity contribution in [1.29, 1.82) is 0 Å². The zero-order valence-electron chi connectivity index (χ0n) is 16.7. The van der Waals surface area contributed by atoms with E-state index in [2.05, 4.69) is 11.4 Å². The van der Waals surface area contributed by atoms with Crippen molar-refractivity contribution < 1.29 is 14.3 Å². The molecule has 1 N–H and O–H groups in total. The summed E-state index contributed by atoms with van der Waals surface area (Å²) in [5, 5.41) is 6.67. The standard InChI is InChI=1S/C22H19N3O3S3/c1-2-28-22(27)25-10-9-13-17(12-25)31-21(24-19(26)16-8-5-11-29-16)18(13)20-23-14-6-3-4-7-15(14)30-20/h3-8,11H,2,9-10,12H2,1H3,(H,24,26). The molecule has 0 atom stereocenters. The number of amides is 2. The Morgan fingerprint density at radius 1 is 1.19 bits per heavy atom. The molecule has 1 aliphatic heterocycles. The van der Waals surface area contributed by atoms with Gasteiger partial charge in [-0.15, -0.1) is 34.0 Å². The molecule has 1 aromatic carbocycles. The van der Waals surface area contributed by atoms with Gasteiger partial charge in [0.05, 0.1) is 28.2 Å². The Labute approximate surface area is 191 Å². The molecule has 3 aromatic heterocycles. The lowest BCUT2D eigenvalue weighted by atomic mass is 10.0. The van der Waals surface area contributed by atoms with Crippen LogP contribution in [0.5, 0.6) is 0 Å². The topological polar surface area (TPSA) is 71.5 Å². The SMILES string of the molecule is CCOC(=O)N1CCc2c(sc(NC(=O)c3cccs3)c2-c2nc3ccccc3s2)C1. The molecule has 6 nitrogen and oxygen atoms in total. The van der Waals surface area contributed by atoms with E-state index in [1.165, 1.54) is 22.7 Å². The van der Waals surface area contributed by atoms with Crippen molar-refractivity contribution >= 4 is 61.2 Å². The smallest absolute Gasteiger partial charge is 0.410 e. The van der Waals surface area contributed by atoms with Gasteiger partial charge in [-0.25, -0.2) is 9.78 Å². The second-order valence-corrected chi connectivity index (χ2v) is 10.1. The number of benzene rings is 1. The van der Waals surface area contributed by atoms with E-state index in [0.717, 1.165) is 36.2 Å². The van der Waals surface area contributed by atoms with Crippen molar-refractivity contribution in [3.63, 3.8) is 0 Å². The number of nitrogens with one attached hydrogen (secondary N) is 1. The van der Waals surface area contributed by atoms with Gasteiger partial charge >= 0.3 is 6.09 Å². The van der Waals surface area contributed by atoms with Crippen LogP contribution in [0.25, 0.3) is 20.8 Å². The second kappa shape index (κ2) is 8.41. The predicted molar refractivity (Wildman–Crippen MR) is 126 cm³/mol. The average molecular weight is 470 g/mol. The lowest BCUT2D eigenvalue weighted by Gasteiger charge is -2.26. The zero-order valence-corrected chi connectivity index (χ0v) is 19.2. The van der Waals surface area contributed by atoms with Crippen LogP contribution in [0, 0.1) is 0 Å². The zero-order chi connectivity index (χ0) is 21.4. The van der Waals surface area contributed by atoms with Crippen LogP contribution in [-0.2, 0) is 17.7 Å². The van der Waals surface area contributed by atoms with Crippen LogP contribution in [-0.4, -0.2) is 35.0 Å². The highest BCUT2D eigenvalue weighted by atomic mass is 32.1. The van der Waals surface area contributed by atoms with Crippen LogP contribution < -0.4 is 5.32 Å². The number of hydrogen-bond acceptors (Lipinski definition) is 7. The van der Waals surface area contributed by atoms with Gasteiger partial charge in [0.2, 0.25) is 0 Å². The Kier molecular flexibility index (Phi) is 5.47. The van der Waals surface area contributed by atoms with Gasteiger partial charge in [-0.05, 0) is 42.5 Å². The molecular formula is C22H19N3O3S3. The van der Waals surface area contributed by atoms with E-state index in [9.17, 15) is 9.59 Å². The number of hydrogen-bond donors (Lipinski definition) is 1. The lowest BCUT2D eigenvalue weighted by Crippen LogP contribution is -2.35. The minimum absolute atomic E-state index is 0.127. The largest absolute Gasteiger partial charge is 0.450 e. The molecule has 1 aliphatic rings. The molecule has 0 bridgehead atoms. The number of carbonyl (C=O) groups excluding carboxylic acids is 2. The first-order chi connectivity index (χ1) is 15.1. The number of para-hydroxylation sites is 1. The van der Waals surface area contributed by atoms with Crippen molar-refractivity contribution in [2.24, 2.45) is 0 Å². The van der Waals surface area contributed by atoms with E-state index in [-0.39, 0.29) is 12.0 Å².